The molecule has 1 saturated heterocycles. The maximum Gasteiger partial charge on any atom is 0.251 e. The highest BCUT2D eigenvalue weighted by Gasteiger charge is 2.19. The van der Waals surface area contributed by atoms with E-state index in [1.165, 1.54) is 30.7 Å². The van der Waals surface area contributed by atoms with Gasteiger partial charge in [0.05, 0.1) is 11.0 Å². The van der Waals surface area contributed by atoms with Gasteiger partial charge in [0, 0.05) is 31.6 Å². The van der Waals surface area contributed by atoms with Gasteiger partial charge in [-0.1, -0.05) is 12.1 Å². The van der Waals surface area contributed by atoms with E-state index < -0.39 is 0 Å². The Morgan fingerprint density at radius 1 is 1.00 bits per heavy atom. The zero-order valence-corrected chi connectivity index (χ0v) is 17.5. The molecule has 0 unspecified atom stereocenters. The average molecular weight is 423 g/mol. The number of amides is 2. The number of imidazole rings is 1. The number of nitrogens with zero attached hydrogens (tertiary/aromatic N) is 3. The number of rotatable bonds is 7. The molecule has 0 spiro atoms. The number of carbonyl (C=O) groups is 2. The Hall–Kier alpha value is -3.22. The Bertz CT molecular complexity index is 1060. The summed E-state index contributed by atoms with van der Waals surface area (Å²) in [6, 6.07) is 13.3. The fraction of sp³-hybridized carbons (Fsp3) is 0.375. The summed E-state index contributed by atoms with van der Waals surface area (Å²) in [6.45, 7) is 2.42. The average Bonchev–Trinajstić information content (AvgIpc) is 3.15. The molecular weight excluding hydrogens is 395 g/mol. The number of nitrogens with one attached hydrogen (secondary N) is 1. The van der Waals surface area contributed by atoms with Gasteiger partial charge in [-0.3, -0.25) is 9.59 Å². The largest absolute Gasteiger partial charge is 0.352 e. The standard InChI is InChI=1S/C24H27FN4O2/c25-19-12-10-18(11-13-19)24(31)26-14-6-9-22-27-20-7-2-3-8-21(20)29(22)17-23(30)28-15-4-1-5-16-28/h2-3,7-8,10-13H,1,4-6,9,14-17H2,(H,26,31). The maximum absolute atomic E-state index is 13.0. The fourth-order valence-electron chi connectivity index (χ4n) is 4.02. The minimum Gasteiger partial charge on any atom is -0.352 e. The Morgan fingerprint density at radius 2 is 1.74 bits per heavy atom. The van der Waals surface area contributed by atoms with Gasteiger partial charge in [-0.05, 0) is 62.1 Å². The van der Waals surface area contributed by atoms with Crippen molar-refractivity contribution in [1.29, 1.82) is 0 Å². The zero-order chi connectivity index (χ0) is 21.6. The molecular formula is C24H27FN4O2. The molecule has 0 atom stereocenters. The second-order valence-electron chi connectivity index (χ2n) is 7.91. The Morgan fingerprint density at radius 3 is 2.52 bits per heavy atom. The lowest BCUT2D eigenvalue weighted by molar-refractivity contribution is -0.132. The molecule has 0 radical (unpaired) electrons. The van der Waals surface area contributed by atoms with Crippen LogP contribution in [-0.2, 0) is 17.8 Å². The predicted molar refractivity (Wildman–Crippen MR) is 117 cm³/mol. The highest BCUT2D eigenvalue weighted by molar-refractivity contribution is 5.94. The van der Waals surface area contributed by atoms with Crippen LogP contribution in [-0.4, -0.2) is 45.9 Å². The number of hydrogen-bond donors (Lipinski definition) is 1. The first kappa shape index (κ1) is 21.0. The van der Waals surface area contributed by atoms with Crippen molar-refractivity contribution < 1.29 is 14.0 Å². The van der Waals surface area contributed by atoms with Gasteiger partial charge in [0.15, 0.2) is 0 Å². The molecule has 3 aromatic rings. The van der Waals surface area contributed by atoms with E-state index in [0.29, 0.717) is 24.9 Å². The van der Waals surface area contributed by atoms with E-state index in [-0.39, 0.29) is 24.2 Å². The number of carbonyl (C=O) groups excluding carboxylic acids is 2. The monoisotopic (exact) mass is 422 g/mol. The summed E-state index contributed by atoms with van der Waals surface area (Å²) in [5, 5.41) is 2.86. The van der Waals surface area contributed by atoms with Crippen LogP contribution in [0.4, 0.5) is 4.39 Å². The van der Waals surface area contributed by atoms with E-state index in [0.717, 1.165) is 42.8 Å². The number of fused-ring (bicyclic) bond motifs is 1. The molecule has 2 aromatic carbocycles. The van der Waals surface area contributed by atoms with Crippen LogP contribution in [0.1, 0.15) is 41.9 Å². The Labute approximate surface area is 181 Å². The van der Waals surface area contributed by atoms with E-state index in [2.05, 4.69) is 5.32 Å². The highest BCUT2D eigenvalue weighted by atomic mass is 19.1. The van der Waals surface area contributed by atoms with E-state index in [4.69, 9.17) is 4.98 Å². The van der Waals surface area contributed by atoms with Crippen molar-refractivity contribution in [2.24, 2.45) is 0 Å². The molecule has 31 heavy (non-hydrogen) atoms. The van der Waals surface area contributed by atoms with Crippen molar-refractivity contribution in [3.8, 4) is 0 Å². The summed E-state index contributed by atoms with van der Waals surface area (Å²) in [6.07, 6.45) is 4.65. The summed E-state index contributed by atoms with van der Waals surface area (Å²) in [4.78, 5) is 31.7. The number of para-hydroxylation sites is 2. The molecule has 1 fully saturated rings. The van der Waals surface area contributed by atoms with E-state index >= 15 is 0 Å². The zero-order valence-electron chi connectivity index (χ0n) is 17.5. The quantitative estimate of drug-likeness (QED) is 0.592. The first-order chi connectivity index (χ1) is 15.1. The van der Waals surface area contributed by atoms with Crippen LogP contribution < -0.4 is 5.32 Å². The SMILES string of the molecule is O=C(NCCCc1nc2ccccc2n1CC(=O)N1CCCCC1)c1ccc(F)cc1. The van der Waals surface area contributed by atoms with Crippen LogP contribution in [0, 0.1) is 5.82 Å². The van der Waals surface area contributed by atoms with Crippen LogP contribution >= 0.6 is 0 Å². The third-order valence-corrected chi connectivity index (χ3v) is 5.70. The van der Waals surface area contributed by atoms with Crippen LogP contribution in [0.2, 0.25) is 0 Å². The smallest absolute Gasteiger partial charge is 0.251 e. The van der Waals surface area contributed by atoms with Crippen LogP contribution in [0.5, 0.6) is 0 Å². The summed E-state index contributed by atoms with van der Waals surface area (Å²) in [7, 11) is 0. The molecule has 1 N–H and O–H groups in total. The van der Waals surface area contributed by atoms with Crippen LogP contribution in [0.25, 0.3) is 11.0 Å². The summed E-state index contributed by atoms with van der Waals surface area (Å²) < 4.78 is 15.0. The lowest BCUT2D eigenvalue weighted by Gasteiger charge is -2.27. The third-order valence-electron chi connectivity index (χ3n) is 5.70. The molecule has 7 heteroatoms. The topological polar surface area (TPSA) is 67.2 Å². The van der Waals surface area contributed by atoms with Crippen molar-refractivity contribution in [3.63, 3.8) is 0 Å². The first-order valence-corrected chi connectivity index (χ1v) is 10.9. The van der Waals surface area contributed by atoms with Gasteiger partial charge in [-0.25, -0.2) is 9.37 Å². The van der Waals surface area contributed by atoms with Gasteiger partial charge < -0.3 is 14.8 Å². The molecule has 162 valence electrons. The molecule has 6 nitrogen and oxygen atoms in total. The van der Waals surface area contributed by atoms with Crippen molar-refractivity contribution in [1.82, 2.24) is 19.8 Å². The predicted octanol–water partition coefficient (Wildman–Crippen LogP) is 3.55. The van der Waals surface area contributed by atoms with E-state index in [9.17, 15) is 14.0 Å². The first-order valence-electron chi connectivity index (χ1n) is 10.9. The van der Waals surface area contributed by atoms with Gasteiger partial charge in [0.2, 0.25) is 5.91 Å². The number of aromatic nitrogens is 2. The second kappa shape index (κ2) is 9.73. The number of piperidine rings is 1. The molecule has 4 rings (SSSR count). The molecule has 0 bridgehead atoms. The van der Waals surface area contributed by atoms with Gasteiger partial charge in [0.1, 0.15) is 18.2 Å². The minimum absolute atomic E-state index is 0.133. The molecule has 1 aliphatic rings. The number of aryl methyl sites for hydroxylation is 1. The fourth-order valence-corrected chi connectivity index (χ4v) is 4.02. The molecule has 2 amide bonds. The number of benzene rings is 2. The number of halogens is 1. The van der Waals surface area contributed by atoms with Crippen LogP contribution in [0.15, 0.2) is 48.5 Å². The highest BCUT2D eigenvalue weighted by Crippen LogP contribution is 2.18. The summed E-state index contributed by atoms with van der Waals surface area (Å²) in [5.74, 6) is 0.389. The number of likely N-dealkylation sites (tertiary alicyclic amines) is 1. The van der Waals surface area contributed by atoms with Crippen molar-refractivity contribution >= 4 is 22.8 Å². The van der Waals surface area contributed by atoms with E-state index in [1.54, 1.807) is 0 Å². The normalized spacial score (nSPS) is 14.0. The van der Waals surface area contributed by atoms with Crippen molar-refractivity contribution in [3.05, 3.63) is 65.7 Å². The van der Waals surface area contributed by atoms with Gasteiger partial charge in [-0.2, -0.15) is 0 Å². The third kappa shape index (κ3) is 5.10. The van der Waals surface area contributed by atoms with Crippen molar-refractivity contribution in [2.45, 2.75) is 38.6 Å². The summed E-state index contributed by atoms with van der Waals surface area (Å²) >= 11 is 0. The molecule has 0 saturated carbocycles. The molecule has 2 heterocycles. The summed E-state index contributed by atoms with van der Waals surface area (Å²) in [5.41, 5.74) is 2.26. The lowest BCUT2D eigenvalue weighted by Crippen LogP contribution is -2.38. The van der Waals surface area contributed by atoms with Gasteiger partial charge >= 0.3 is 0 Å². The van der Waals surface area contributed by atoms with Crippen molar-refractivity contribution in [2.75, 3.05) is 19.6 Å². The Kier molecular flexibility index (Phi) is 6.60. The van der Waals surface area contributed by atoms with Gasteiger partial charge in [0.25, 0.3) is 5.91 Å². The molecule has 0 aliphatic carbocycles. The number of hydrogen-bond acceptors (Lipinski definition) is 3. The molecule has 1 aromatic heterocycles. The second-order valence-corrected chi connectivity index (χ2v) is 7.91. The maximum atomic E-state index is 13.0. The molecule has 1 aliphatic heterocycles. The minimum atomic E-state index is -0.366. The lowest BCUT2D eigenvalue weighted by atomic mass is 10.1. The Balaban J connectivity index is 1.39. The van der Waals surface area contributed by atoms with E-state index in [1.807, 2.05) is 33.7 Å². The van der Waals surface area contributed by atoms with Gasteiger partial charge in [-0.15, -0.1) is 0 Å². The van der Waals surface area contributed by atoms with Crippen LogP contribution in [0.3, 0.4) is 0 Å².